The van der Waals surface area contributed by atoms with Gasteiger partial charge in [-0.3, -0.25) is 9.79 Å². The molecule has 0 amide bonds. The normalized spacial score (nSPS) is 19.6. The second kappa shape index (κ2) is 8.19. The Kier molecular flexibility index (Phi) is 6.19. The van der Waals surface area contributed by atoms with E-state index in [2.05, 4.69) is 9.73 Å². The molecule has 1 aliphatic carbocycles. The Bertz CT molecular complexity index is 837. The minimum absolute atomic E-state index is 0.114. The van der Waals surface area contributed by atoms with Crippen LogP contribution in [-0.4, -0.2) is 42.1 Å². The number of alkyl halides is 1. The van der Waals surface area contributed by atoms with Gasteiger partial charge in [0, 0.05) is 19.6 Å². The molecule has 1 fully saturated rings. The Balaban J connectivity index is 2.58. The average molecular weight is 389 g/mol. The minimum atomic E-state index is -1.79. The molecule has 1 N–H and O–H groups in total. The van der Waals surface area contributed by atoms with Gasteiger partial charge in [0.05, 0.1) is 18.2 Å². The zero-order valence-corrected chi connectivity index (χ0v) is 14.3. The first kappa shape index (κ1) is 20.4. The number of aliphatic hydroxyl groups is 1. The highest BCUT2D eigenvalue weighted by molar-refractivity contribution is 6.15. The molecule has 0 saturated heterocycles. The fourth-order valence-corrected chi connectivity index (χ4v) is 2.03. The van der Waals surface area contributed by atoms with E-state index in [1.54, 1.807) is 0 Å². The lowest BCUT2D eigenvalue weighted by Gasteiger charge is -2.11. The molecule has 1 saturated carbocycles. The van der Waals surface area contributed by atoms with Gasteiger partial charge in [0.15, 0.2) is 11.6 Å². The van der Waals surface area contributed by atoms with Crippen molar-refractivity contribution in [2.75, 3.05) is 6.61 Å². The van der Waals surface area contributed by atoms with Gasteiger partial charge in [-0.1, -0.05) is 0 Å². The lowest BCUT2D eigenvalue weighted by atomic mass is 10.1. The van der Waals surface area contributed by atoms with Crippen molar-refractivity contribution in [3.63, 3.8) is 0 Å². The maximum Gasteiger partial charge on any atom is 0.343 e. The van der Waals surface area contributed by atoms with Crippen LogP contribution >= 0.6 is 0 Å². The first-order valence-electron chi connectivity index (χ1n) is 7.81. The molecular weight excluding hydrogens is 374 g/mol. The lowest BCUT2D eigenvalue weighted by Crippen LogP contribution is -2.13. The van der Waals surface area contributed by atoms with Crippen molar-refractivity contribution in [2.24, 2.45) is 4.99 Å². The summed E-state index contributed by atoms with van der Waals surface area (Å²) < 4.78 is 63.8. The van der Waals surface area contributed by atoms with Gasteiger partial charge in [0.2, 0.25) is 11.6 Å². The Labute approximate surface area is 151 Å². The highest BCUT2D eigenvalue weighted by atomic mass is 19.2. The third kappa shape index (κ3) is 4.63. The van der Waals surface area contributed by atoms with Gasteiger partial charge in [-0.05, 0) is 13.0 Å². The Morgan fingerprint density at radius 2 is 1.96 bits per heavy atom. The summed E-state index contributed by atoms with van der Waals surface area (Å²) in [5.74, 6) is -9.85. The molecule has 0 aliphatic heterocycles. The number of benzene rings is 1. The highest BCUT2D eigenvalue weighted by Gasteiger charge is 2.37. The molecule has 27 heavy (non-hydrogen) atoms. The first-order valence-corrected chi connectivity index (χ1v) is 7.81. The number of halogens is 4. The number of carbonyl (C=O) groups is 2. The van der Waals surface area contributed by atoms with Crippen molar-refractivity contribution in [1.82, 2.24) is 0 Å². The fourth-order valence-electron chi connectivity index (χ4n) is 2.03. The van der Waals surface area contributed by atoms with E-state index in [9.17, 15) is 32.3 Å². The number of aliphatic hydroxyl groups excluding tert-OH is 1. The van der Waals surface area contributed by atoms with Crippen molar-refractivity contribution < 1.29 is 41.7 Å². The van der Waals surface area contributed by atoms with Crippen LogP contribution in [0.25, 0.3) is 5.76 Å². The summed E-state index contributed by atoms with van der Waals surface area (Å²) in [6.45, 7) is 2.18. The number of esters is 2. The molecule has 6 nitrogen and oxygen atoms in total. The van der Waals surface area contributed by atoms with E-state index in [0.29, 0.717) is 0 Å². The van der Waals surface area contributed by atoms with Crippen LogP contribution in [-0.2, 0) is 14.3 Å². The Morgan fingerprint density at radius 1 is 1.33 bits per heavy atom. The van der Waals surface area contributed by atoms with Gasteiger partial charge >= 0.3 is 11.9 Å². The third-order valence-electron chi connectivity index (χ3n) is 3.44. The first-order chi connectivity index (χ1) is 12.7. The largest absolute Gasteiger partial charge is 0.506 e. The number of carbonyl (C=O) groups excluding carboxylic acids is 2. The van der Waals surface area contributed by atoms with Gasteiger partial charge in [-0.15, -0.1) is 0 Å². The monoisotopic (exact) mass is 389 g/mol. The van der Waals surface area contributed by atoms with Crippen LogP contribution in [0, 0.1) is 17.5 Å². The molecule has 2 rings (SSSR count). The number of aliphatic imine (C=N–C) groups is 1. The standard InChI is InChI=1S/C17H15F4NO5/c1-3-26-17(25)9(6-22-12-5-10(12)18)15(24)8-4-11(19)14(21)16(13(8)20)27-7(2)23/h4,6,10,12,24H,3,5H2,1-2H3/b15-9-,22-6?. The van der Waals surface area contributed by atoms with Crippen molar-refractivity contribution >= 4 is 23.9 Å². The Hall–Kier alpha value is -2.91. The number of hydrogen-bond acceptors (Lipinski definition) is 6. The highest BCUT2D eigenvalue weighted by Crippen LogP contribution is 2.32. The number of rotatable bonds is 6. The molecule has 1 aromatic carbocycles. The third-order valence-corrected chi connectivity index (χ3v) is 3.44. The van der Waals surface area contributed by atoms with E-state index >= 15 is 0 Å². The molecule has 0 aromatic heterocycles. The average Bonchev–Trinajstić information content (AvgIpc) is 3.30. The van der Waals surface area contributed by atoms with Gasteiger partial charge < -0.3 is 14.6 Å². The molecular formula is C17H15F4NO5. The molecule has 2 unspecified atom stereocenters. The zero-order chi connectivity index (χ0) is 20.3. The number of nitrogens with zero attached hydrogens (tertiary/aromatic N) is 1. The summed E-state index contributed by atoms with van der Waals surface area (Å²) in [6.07, 6.45) is -0.324. The predicted octanol–water partition coefficient (Wildman–Crippen LogP) is 3.04. The summed E-state index contributed by atoms with van der Waals surface area (Å²) >= 11 is 0. The van der Waals surface area contributed by atoms with Crippen LogP contribution in [0.5, 0.6) is 5.75 Å². The lowest BCUT2D eigenvalue weighted by molar-refractivity contribution is -0.138. The molecule has 146 valence electrons. The minimum Gasteiger partial charge on any atom is -0.506 e. The molecule has 0 spiro atoms. The summed E-state index contributed by atoms with van der Waals surface area (Å²) in [5.41, 5.74) is -1.66. The maximum absolute atomic E-state index is 14.5. The van der Waals surface area contributed by atoms with E-state index < -0.39 is 64.2 Å². The molecule has 1 aliphatic rings. The van der Waals surface area contributed by atoms with Crippen LogP contribution in [0.2, 0.25) is 0 Å². The molecule has 0 heterocycles. The number of hydrogen-bond donors (Lipinski definition) is 1. The summed E-state index contributed by atoms with van der Waals surface area (Å²) in [6, 6.07) is -0.455. The van der Waals surface area contributed by atoms with E-state index in [1.807, 2.05) is 0 Å². The second-order valence-electron chi connectivity index (χ2n) is 5.54. The molecule has 10 heteroatoms. The van der Waals surface area contributed by atoms with E-state index in [0.717, 1.165) is 13.1 Å². The Morgan fingerprint density at radius 3 is 2.48 bits per heavy atom. The van der Waals surface area contributed by atoms with Crippen LogP contribution in [0.3, 0.4) is 0 Å². The van der Waals surface area contributed by atoms with Crippen LogP contribution < -0.4 is 4.74 Å². The molecule has 0 radical (unpaired) electrons. The maximum atomic E-state index is 14.5. The van der Waals surface area contributed by atoms with Crippen molar-refractivity contribution in [3.8, 4) is 5.75 Å². The fraction of sp³-hybridized carbons (Fsp3) is 0.353. The quantitative estimate of drug-likeness (QED) is 0.154. The van der Waals surface area contributed by atoms with Gasteiger partial charge in [-0.2, -0.15) is 4.39 Å². The molecule has 1 aromatic rings. The van der Waals surface area contributed by atoms with Crippen LogP contribution in [0.4, 0.5) is 17.6 Å². The van der Waals surface area contributed by atoms with Crippen molar-refractivity contribution in [1.29, 1.82) is 0 Å². The molecule has 0 bridgehead atoms. The summed E-state index contributed by atoms with van der Waals surface area (Å²) in [4.78, 5) is 26.7. The van der Waals surface area contributed by atoms with Crippen LogP contribution in [0.1, 0.15) is 25.8 Å². The van der Waals surface area contributed by atoms with Gasteiger partial charge in [0.1, 0.15) is 17.5 Å². The SMILES string of the molecule is CCOC(=O)/C(C=NC1CC1F)=C(\O)c1cc(F)c(F)c(OC(C)=O)c1F. The predicted molar refractivity (Wildman–Crippen MR) is 85.6 cm³/mol. The molecule has 2 atom stereocenters. The van der Waals surface area contributed by atoms with Gasteiger partial charge in [-0.25, -0.2) is 18.0 Å². The summed E-state index contributed by atoms with van der Waals surface area (Å²) in [7, 11) is 0. The zero-order valence-electron chi connectivity index (χ0n) is 14.3. The van der Waals surface area contributed by atoms with E-state index in [1.165, 1.54) is 6.92 Å². The van der Waals surface area contributed by atoms with E-state index in [4.69, 9.17) is 4.74 Å². The van der Waals surface area contributed by atoms with Gasteiger partial charge in [0.25, 0.3) is 0 Å². The van der Waals surface area contributed by atoms with E-state index in [-0.39, 0.29) is 19.1 Å². The van der Waals surface area contributed by atoms with Crippen molar-refractivity contribution in [2.45, 2.75) is 32.5 Å². The smallest absolute Gasteiger partial charge is 0.343 e. The second-order valence-corrected chi connectivity index (χ2v) is 5.54. The number of ether oxygens (including phenoxy) is 2. The topological polar surface area (TPSA) is 85.2 Å². The van der Waals surface area contributed by atoms with Crippen LogP contribution in [0.15, 0.2) is 16.6 Å². The summed E-state index contributed by atoms with van der Waals surface area (Å²) in [5, 5.41) is 10.3. The van der Waals surface area contributed by atoms with Crippen molar-refractivity contribution in [3.05, 3.63) is 34.7 Å².